The molecule has 6 heteroatoms. The second kappa shape index (κ2) is 6.24. The third kappa shape index (κ3) is 2.81. The summed E-state index contributed by atoms with van der Waals surface area (Å²) in [6.07, 6.45) is 5.31. The van der Waals surface area contributed by atoms with Crippen molar-refractivity contribution in [3.63, 3.8) is 0 Å². The van der Waals surface area contributed by atoms with Crippen LogP contribution in [0.3, 0.4) is 0 Å². The number of amidine groups is 1. The van der Waals surface area contributed by atoms with E-state index in [1.807, 2.05) is 30.3 Å². The van der Waals surface area contributed by atoms with Gasteiger partial charge in [-0.2, -0.15) is 5.10 Å². The molecule has 2 bridgehead atoms. The molecular formula is C20H22ClN3OS. The number of amides is 1. The summed E-state index contributed by atoms with van der Waals surface area (Å²) < 4.78 is 0. The number of carbonyl (C=O) groups is 1. The Morgan fingerprint density at radius 2 is 1.96 bits per heavy atom. The second-order valence-corrected chi connectivity index (χ2v) is 9.53. The Balaban J connectivity index is 1.53. The van der Waals surface area contributed by atoms with Gasteiger partial charge in [0.25, 0.3) is 5.91 Å². The Labute approximate surface area is 163 Å². The van der Waals surface area contributed by atoms with E-state index in [0.29, 0.717) is 21.0 Å². The molecule has 2 aliphatic carbocycles. The van der Waals surface area contributed by atoms with E-state index in [-0.39, 0.29) is 16.7 Å². The molecule has 0 unspecified atom stereocenters. The third-order valence-corrected chi connectivity index (χ3v) is 7.74. The summed E-state index contributed by atoms with van der Waals surface area (Å²) in [4.78, 5) is 12.8. The van der Waals surface area contributed by atoms with Crippen molar-refractivity contribution in [3.8, 4) is 0 Å². The number of benzene rings is 1. The Hall–Kier alpha value is -1.59. The van der Waals surface area contributed by atoms with Crippen LogP contribution < -0.4 is 5.32 Å². The number of carbonyl (C=O) groups excluding carboxylic acids is 1. The van der Waals surface area contributed by atoms with Crippen LogP contribution in [0.2, 0.25) is 5.02 Å². The maximum Gasteiger partial charge on any atom is 0.264 e. The highest BCUT2D eigenvalue weighted by atomic mass is 35.5. The van der Waals surface area contributed by atoms with E-state index in [1.54, 1.807) is 0 Å². The molecule has 3 aliphatic rings. The second-order valence-electron chi connectivity index (χ2n) is 8.06. The normalized spacial score (nSPS) is 34.2. The first kappa shape index (κ1) is 17.8. The van der Waals surface area contributed by atoms with Crippen LogP contribution in [0.1, 0.15) is 45.6 Å². The number of fused-ring (bicyclic) bond motifs is 2. The Morgan fingerprint density at radius 1 is 1.23 bits per heavy atom. The van der Waals surface area contributed by atoms with Gasteiger partial charge in [-0.05, 0) is 66.1 Å². The van der Waals surface area contributed by atoms with Gasteiger partial charge in [-0.3, -0.25) is 10.1 Å². The molecule has 1 amide bonds. The number of halogens is 1. The first-order chi connectivity index (χ1) is 12.3. The number of hydrogen-bond donors (Lipinski definition) is 1. The highest BCUT2D eigenvalue weighted by molar-refractivity contribution is 8.18. The highest BCUT2D eigenvalue weighted by Crippen LogP contribution is 2.64. The van der Waals surface area contributed by atoms with Gasteiger partial charge in [-0.1, -0.05) is 44.5 Å². The van der Waals surface area contributed by atoms with Crippen LogP contribution in [-0.4, -0.2) is 16.8 Å². The van der Waals surface area contributed by atoms with Crippen LogP contribution >= 0.6 is 23.4 Å². The predicted molar refractivity (Wildman–Crippen MR) is 109 cm³/mol. The molecule has 1 aromatic carbocycles. The van der Waals surface area contributed by atoms with Crippen LogP contribution in [0.15, 0.2) is 39.4 Å². The molecule has 26 heavy (non-hydrogen) atoms. The van der Waals surface area contributed by atoms with Crippen molar-refractivity contribution in [2.75, 3.05) is 0 Å². The van der Waals surface area contributed by atoms with Gasteiger partial charge in [-0.25, -0.2) is 0 Å². The van der Waals surface area contributed by atoms with Crippen molar-refractivity contribution >= 4 is 46.2 Å². The molecular weight excluding hydrogens is 366 g/mol. The zero-order chi connectivity index (χ0) is 18.5. The largest absolute Gasteiger partial charge is 0.299 e. The van der Waals surface area contributed by atoms with E-state index in [4.69, 9.17) is 11.6 Å². The molecule has 2 atom stereocenters. The van der Waals surface area contributed by atoms with E-state index >= 15 is 0 Å². The first-order valence-corrected chi connectivity index (χ1v) is 10.1. The van der Waals surface area contributed by atoms with E-state index in [1.165, 1.54) is 30.3 Å². The molecule has 1 heterocycles. The molecule has 4 nitrogen and oxygen atoms in total. The lowest BCUT2D eigenvalue weighted by Gasteiger charge is -2.34. The first-order valence-electron chi connectivity index (χ1n) is 8.91. The standard InChI is InChI=1S/C20H22ClN3OS/c1-19(2)13-8-9-20(19,3)16(11-13)23-24-18-22-17(25)15(26-18)10-12-4-6-14(21)7-5-12/h4-7,10,13H,8-9,11H2,1-3H3,(H,22,24,25)/b15-10-,23-16?/t13-,20+/m0/s1. The van der Waals surface area contributed by atoms with E-state index in [0.717, 1.165) is 12.0 Å². The minimum atomic E-state index is -0.136. The monoisotopic (exact) mass is 387 g/mol. The molecule has 0 spiro atoms. The maximum absolute atomic E-state index is 12.2. The summed E-state index contributed by atoms with van der Waals surface area (Å²) in [7, 11) is 0. The van der Waals surface area contributed by atoms with Crippen molar-refractivity contribution < 1.29 is 4.79 Å². The Morgan fingerprint density at radius 3 is 2.58 bits per heavy atom. The van der Waals surface area contributed by atoms with Gasteiger partial charge in [0.05, 0.1) is 4.91 Å². The van der Waals surface area contributed by atoms with E-state index in [2.05, 4.69) is 36.3 Å². The van der Waals surface area contributed by atoms with E-state index in [9.17, 15) is 4.79 Å². The van der Waals surface area contributed by atoms with Gasteiger partial charge in [0.15, 0.2) is 5.17 Å². The fourth-order valence-corrected chi connectivity index (χ4v) is 5.27. The molecule has 3 fully saturated rings. The molecule has 0 aromatic heterocycles. The van der Waals surface area contributed by atoms with Gasteiger partial charge in [0.1, 0.15) is 0 Å². The SMILES string of the molecule is CC1(C)[C@H]2CC[C@]1(C)C(=NN=C1NC(=O)/C(=C/c3ccc(Cl)cc3)S1)C2. The van der Waals surface area contributed by atoms with Crippen LogP contribution in [0.4, 0.5) is 0 Å². The summed E-state index contributed by atoms with van der Waals surface area (Å²) in [5.41, 5.74) is 2.51. The van der Waals surface area contributed by atoms with Crippen LogP contribution in [0.5, 0.6) is 0 Å². The van der Waals surface area contributed by atoms with Crippen molar-refractivity contribution in [1.82, 2.24) is 5.32 Å². The van der Waals surface area contributed by atoms with Gasteiger partial charge in [-0.15, -0.1) is 5.10 Å². The molecule has 136 valence electrons. The van der Waals surface area contributed by atoms with Crippen molar-refractivity contribution in [1.29, 1.82) is 0 Å². The number of rotatable bonds is 2. The average Bonchev–Trinajstić information content (AvgIpc) is 3.12. The zero-order valence-corrected chi connectivity index (χ0v) is 16.7. The zero-order valence-electron chi connectivity index (χ0n) is 15.2. The van der Waals surface area contributed by atoms with Crippen LogP contribution in [0, 0.1) is 16.7 Å². The summed E-state index contributed by atoms with van der Waals surface area (Å²) in [5, 5.41) is 13.0. The number of nitrogens with zero attached hydrogens (tertiary/aromatic N) is 2. The molecule has 1 aliphatic heterocycles. The van der Waals surface area contributed by atoms with Crippen LogP contribution in [-0.2, 0) is 4.79 Å². The summed E-state index contributed by atoms with van der Waals surface area (Å²) in [6, 6.07) is 7.39. The van der Waals surface area contributed by atoms with Crippen molar-refractivity contribution in [2.45, 2.75) is 40.0 Å². The molecule has 1 aromatic rings. The minimum Gasteiger partial charge on any atom is -0.299 e. The summed E-state index contributed by atoms with van der Waals surface area (Å²) in [5.74, 6) is 0.556. The van der Waals surface area contributed by atoms with Gasteiger partial charge in [0, 0.05) is 16.1 Å². The Bertz CT molecular complexity index is 856. The van der Waals surface area contributed by atoms with Crippen molar-refractivity contribution in [3.05, 3.63) is 39.8 Å². The lowest BCUT2D eigenvalue weighted by molar-refractivity contribution is -0.115. The lowest BCUT2D eigenvalue weighted by atomic mass is 9.70. The lowest BCUT2D eigenvalue weighted by Crippen LogP contribution is -2.32. The predicted octanol–water partition coefficient (Wildman–Crippen LogP) is 5.10. The molecule has 4 rings (SSSR count). The van der Waals surface area contributed by atoms with Gasteiger partial charge >= 0.3 is 0 Å². The number of hydrogen-bond acceptors (Lipinski definition) is 4. The molecule has 1 N–H and O–H groups in total. The maximum atomic E-state index is 12.2. The molecule has 2 saturated carbocycles. The smallest absolute Gasteiger partial charge is 0.264 e. The van der Waals surface area contributed by atoms with Gasteiger partial charge in [0.2, 0.25) is 0 Å². The number of thioether (sulfide) groups is 1. The minimum absolute atomic E-state index is 0.122. The molecule has 1 saturated heterocycles. The van der Waals surface area contributed by atoms with Gasteiger partial charge < -0.3 is 0 Å². The summed E-state index contributed by atoms with van der Waals surface area (Å²) >= 11 is 7.23. The highest BCUT2D eigenvalue weighted by Gasteiger charge is 2.60. The summed E-state index contributed by atoms with van der Waals surface area (Å²) in [6.45, 7) is 7.00. The topological polar surface area (TPSA) is 53.8 Å². The van der Waals surface area contributed by atoms with E-state index < -0.39 is 0 Å². The van der Waals surface area contributed by atoms with Crippen LogP contribution in [0.25, 0.3) is 6.08 Å². The molecule has 0 radical (unpaired) electrons. The Kier molecular flexibility index (Phi) is 4.27. The van der Waals surface area contributed by atoms with Crippen molar-refractivity contribution in [2.24, 2.45) is 27.0 Å². The average molecular weight is 388 g/mol. The third-order valence-electron chi connectivity index (χ3n) is 6.59. The number of nitrogens with one attached hydrogen (secondary N) is 1. The fraction of sp³-hybridized carbons (Fsp3) is 0.450. The fourth-order valence-electron chi connectivity index (χ4n) is 4.37. The quantitative estimate of drug-likeness (QED) is 0.566.